The van der Waals surface area contributed by atoms with Gasteiger partial charge in [0.15, 0.2) is 5.82 Å². The van der Waals surface area contributed by atoms with Crippen molar-refractivity contribution in [2.24, 2.45) is 0 Å². The van der Waals surface area contributed by atoms with Gasteiger partial charge in [0, 0.05) is 36.5 Å². The second-order valence-electron chi connectivity index (χ2n) is 5.69. The molecule has 130 valence electrons. The summed E-state index contributed by atoms with van der Waals surface area (Å²) in [6.07, 6.45) is 1.68. The zero-order chi connectivity index (χ0) is 17.8. The highest BCUT2D eigenvalue weighted by Crippen LogP contribution is 2.25. The van der Waals surface area contributed by atoms with E-state index in [1.807, 2.05) is 0 Å². The van der Waals surface area contributed by atoms with Crippen LogP contribution in [0.4, 0.5) is 17.2 Å². The van der Waals surface area contributed by atoms with Gasteiger partial charge < -0.3 is 15.0 Å². The molecule has 0 bridgehead atoms. The summed E-state index contributed by atoms with van der Waals surface area (Å²) in [5, 5.41) is 13.7. The number of hydrogen-bond donors (Lipinski definition) is 1. The van der Waals surface area contributed by atoms with Crippen LogP contribution >= 0.6 is 0 Å². The number of carbonyl (C=O) groups excluding carboxylic acids is 1. The third-order valence-electron chi connectivity index (χ3n) is 4.00. The van der Waals surface area contributed by atoms with Crippen LogP contribution in [0.1, 0.15) is 15.9 Å². The van der Waals surface area contributed by atoms with E-state index >= 15 is 0 Å². The minimum Gasteiger partial charge on any atom is -0.378 e. The van der Waals surface area contributed by atoms with Crippen molar-refractivity contribution >= 4 is 23.1 Å². The molecule has 2 aromatic rings. The second kappa shape index (κ2) is 7.27. The molecule has 1 aromatic carbocycles. The predicted molar refractivity (Wildman–Crippen MR) is 93.1 cm³/mol. The first-order valence-corrected chi connectivity index (χ1v) is 7.90. The van der Waals surface area contributed by atoms with E-state index in [0.29, 0.717) is 48.9 Å². The Bertz CT molecular complexity index is 803. The van der Waals surface area contributed by atoms with Crippen molar-refractivity contribution in [2.45, 2.75) is 6.92 Å². The van der Waals surface area contributed by atoms with Gasteiger partial charge in [0.05, 0.1) is 23.8 Å². The molecule has 8 heteroatoms. The number of aromatic nitrogens is 1. The minimum atomic E-state index is -0.464. The van der Waals surface area contributed by atoms with Crippen molar-refractivity contribution in [3.8, 4) is 0 Å². The van der Waals surface area contributed by atoms with Gasteiger partial charge in [0.2, 0.25) is 0 Å². The number of nitrogens with one attached hydrogen (secondary N) is 1. The molecule has 25 heavy (non-hydrogen) atoms. The molecule has 0 saturated carbocycles. The van der Waals surface area contributed by atoms with E-state index in [0.717, 1.165) is 0 Å². The van der Waals surface area contributed by atoms with Gasteiger partial charge in [-0.05, 0) is 31.2 Å². The summed E-state index contributed by atoms with van der Waals surface area (Å²) < 4.78 is 5.34. The molecule has 1 N–H and O–H groups in total. The van der Waals surface area contributed by atoms with Crippen LogP contribution in [-0.2, 0) is 4.74 Å². The summed E-state index contributed by atoms with van der Waals surface area (Å²) in [6.45, 7) is 4.25. The summed E-state index contributed by atoms with van der Waals surface area (Å²) in [7, 11) is 0. The number of amides is 1. The second-order valence-corrected chi connectivity index (χ2v) is 5.69. The first-order chi connectivity index (χ1) is 12.1. The number of benzene rings is 1. The number of morpholine rings is 1. The first-order valence-electron chi connectivity index (χ1n) is 7.90. The Morgan fingerprint density at radius 1 is 1.32 bits per heavy atom. The van der Waals surface area contributed by atoms with Gasteiger partial charge in [-0.3, -0.25) is 14.9 Å². The number of hydrogen-bond acceptors (Lipinski definition) is 6. The van der Waals surface area contributed by atoms with Crippen LogP contribution in [0.3, 0.4) is 0 Å². The maximum atomic E-state index is 12.5. The highest BCUT2D eigenvalue weighted by atomic mass is 16.6. The lowest BCUT2D eigenvalue weighted by atomic mass is 10.1. The van der Waals surface area contributed by atoms with Gasteiger partial charge in [0.25, 0.3) is 11.6 Å². The molecule has 1 saturated heterocycles. The molecule has 1 amide bonds. The van der Waals surface area contributed by atoms with E-state index in [-0.39, 0.29) is 11.6 Å². The van der Waals surface area contributed by atoms with Crippen molar-refractivity contribution in [3.05, 3.63) is 57.8 Å². The van der Waals surface area contributed by atoms with E-state index in [1.165, 1.54) is 18.2 Å². The smallest absolute Gasteiger partial charge is 0.272 e. The van der Waals surface area contributed by atoms with E-state index in [2.05, 4.69) is 15.2 Å². The fourth-order valence-corrected chi connectivity index (χ4v) is 2.72. The molecule has 3 rings (SSSR count). The van der Waals surface area contributed by atoms with Crippen molar-refractivity contribution in [1.29, 1.82) is 0 Å². The monoisotopic (exact) mass is 342 g/mol. The molecule has 0 radical (unpaired) electrons. The third kappa shape index (κ3) is 3.74. The SMILES string of the molecule is Cc1cc(C(=O)Nc2cccnc2N2CCOCC2)ccc1[N+](=O)[O-]. The number of aryl methyl sites for hydroxylation is 1. The van der Waals surface area contributed by atoms with Crippen LogP contribution in [-0.4, -0.2) is 42.1 Å². The molecule has 0 unspecified atom stereocenters. The fourth-order valence-electron chi connectivity index (χ4n) is 2.72. The largest absolute Gasteiger partial charge is 0.378 e. The maximum Gasteiger partial charge on any atom is 0.272 e. The Balaban J connectivity index is 1.81. The molecule has 8 nitrogen and oxygen atoms in total. The molecule has 1 aromatic heterocycles. The molecule has 1 aliphatic heterocycles. The number of nitrogens with zero attached hydrogens (tertiary/aromatic N) is 3. The zero-order valence-corrected chi connectivity index (χ0v) is 13.8. The summed E-state index contributed by atoms with van der Waals surface area (Å²) in [5.41, 5.74) is 1.40. The Hall–Kier alpha value is -3.00. The molecule has 1 aliphatic rings. The number of pyridine rings is 1. The van der Waals surface area contributed by atoms with Crippen molar-refractivity contribution in [2.75, 3.05) is 36.5 Å². The predicted octanol–water partition coefficient (Wildman–Crippen LogP) is 2.39. The third-order valence-corrected chi connectivity index (χ3v) is 4.00. The number of rotatable bonds is 4. The average molecular weight is 342 g/mol. The van der Waals surface area contributed by atoms with Crippen molar-refractivity contribution in [3.63, 3.8) is 0 Å². The van der Waals surface area contributed by atoms with Crippen molar-refractivity contribution < 1.29 is 14.5 Å². The van der Waals surface area contributed by atoms with Gasteiger partial charge >= 0.3 is 0 Å². The van der Waals surface area contributed by atoms with Gasteiger partial charge in [-0.1, -0.05) is 0 Å². The van der Waals surface area contributed by atoms with Crippen LogP contribution in [0.2, 0.25) is 0 Å². The highest BCUT2D eigenvalue weighted by molar-refractivity contribution is 6.05. The Labute approximate surface area is 144 Å². The zero-order valence-electron chi connectivity index (χ0n) is 13.8. The topological polar surface area (TPSA) is 97.6 Å². The molecule has 0 aliphatic carbocycles. The number of anilines is 2. The molecule has 0 atom stereocenters. The van der Waals surface area contributed by atoms with Crippen molar-refractivity contribution in [1.82, 2.24) is 4.98 Å². The summed E-state index contributed by atoms with van der Waals surface area (Å²) in [6, 6.07) is 7.84. The van der Waals surface area contributed by atoms with Crippen LogP contribution in [0, 0.1) is 17.0 Å². The summed E-state index contributed by atoms with van der Waals surface area (Å²) in [4.78, 5) is 29.4. The van der Waals surface area contributed by atoms with E-state index in [9.17, 15) is 14.9 Å². The van der Waals surface area contributed by atoms with E-state index in [1.54, 1.807) is 25.3 Å². The Kier molecular flexibility index (Phi) is 4.90. The summed E-state index contributed by atoms with van der Waals surface area (Å²) in [5.74, 6) is 0.360. The number of carbonyl (C=O) groups is 1. The fraction of sp³-hybridized carbons (Fsp3) is 0.294. The Morgan fingerprint density at radius 3 is 2.76 bits per heavy atom. The van der Waals surface area contributed by atoms with Gasteiger partial charge in [-0.15, -0.1) is 0 Å². The van der Waals surface area contributed by atoms with Crippen LogP contribution in [0.15, 0.2) is 36.5 Å². The van der Waals surface area contributed by atoms with Crippen LogP contribution < -0.4 is 10.2 Å². The van der Waals surface area contributed by atoms with Crippen LogP contribution in [0.25, 0.3) is 0 Å². The Morgan fingerprint density at radius 2 is 2.08 bits per heavy atom. The van der Waals surface area contributed by atoms with E-state index < -0.39 is 4.92 Å². The summed E-state index contributed by atoms with van der Waals surface area (Å²) >= 11 is 0. The quantitative estimate of drug-likeness (QED) is 0.677. The first kappa shape index (κ1) is 16.8. The van der Waals surface area contributed by atoms with Gasteiger partial charge in [-0.2, -0.15) is 0 Å². The normalized spacial score (nSPS) is 14.2. The average Bonchev–Trinajstić information content (AvgIpc) is 2.62. The number of ether oxygens (including phenoxy) is 1. The van der Waals surface area contributed by atoms with Gasteiger partial charge in [-0.25, -0.2) is 4.98 Å². The maximum absolute atomic E-state index is 12.5. The lowest BCUT2D eigenvalue weighted by Crippen LogP contribution is -2.37. The molecular formula is C17H18N4O4. The standard InChI is InChI=1S/C17H18N4O4/c1-12-11-13(4-5-15(12)21(23)24)17(22)19-14-3-2-6-18-16(14)20-7-9-25-10-8-20/h2-6,11H,7-10H2,1H3,(H,19,22). The molecule has 0 spiro atoms. The van der Waals surface area contributed by atoms with Crippen LogP contribution in [0.5, 0.6) is 0 Å². The highest BCUT2D eigenvalue weighted by Gasteiger charge is 2.19. The molecular weight excluding hydrogens is 324 g/mol. The number of nitro benzene ring substituents is 1. The van der Waals surface area contributed by atoms with E-state index in [4.69, 9.17) is 4.74 Å². The molecule has 2 heterocycles. The minimum absolute atomic E-state index is 0.00747. The lowest BCUT2D eigenvalue weighted by Gasteiger charge is -2.29. The lowest BCUT2D eigenvalue weighted by molar-refractivity contribution is -0.385. The van der Waals surface area contributed by atoms with Gasteiger partial charge in [0.1, 0.15) is 0 Å². The number of nitro groups is 1. The molecule has 1 fully saturated rings.